The van der Waals surface area contributed by atoms with Crippen LogP contribution in [0, 0.1) is 0 Å². The van der Waals surface area contributed by atoms with Gasteiger partial charge in [0.2, 0.25) is 17.8 Å². The van der Waals surface area contributed by atoms with Gasteiger partial charge >= 0.3 is 6.18 Å². The molecule has 134 valence electrons. The molecule has 2 N–H and O–H groups in total. The molecule has 9 heteroatoms. The van der Waals surface area contributed by atoms with E-state index >= 15 is 0 Å². The predicted molar refractivity (Wildman–Crippen MR) is 87.0 cm³/mol. The van der Waals surface area contributed by atoms with Crippen molar-refractivity contribution in [3.05, 3.63) is 41.7 Å². The van der Waals surface area contributed by atoms with E-state index in [4.69, 9.17) is 0 Å². The minimum Gasteiger partial charge on any atom is -0.352 e. The fourth-order valence-corrected chi connectivity index (χ4v) is 2.16. The molecule has 0 aliphatic rings. The van der Waals surface area contributed by atoms with E-state index in [1.54, 1.807) is 6.07 Å². The van der Waals surface area contributed by atoms with E-state index in [1.807, 2.05) is 6.92 Å². The van der Waals surface area contributed by atoms with Crippen molar-refractivity contribution in [1.82, 2.24) is 15.0 Å². The maximum absolute atomic E-state index is 12.7. The third-order valence-corrected chi connectivity index (χ3v) is 3.36. The number of carbonyl (C=O) groups is 1. The lowest BCUT2D eigenvalue weighted by molar-refractivity contribution is -0.137. The number of nitrogens with zero attached hydrogens (tertiary/aromatic N) is 3. The van der Waals surface area contributed by atoms with Crippen LogP contribution in [0.25, 0.3) is 0 Å². The first-order valence-electron chi connectivity index (χ1n) is 7.63. The van der Waals surface area contributed by atoms with Gasteiger partial charge in [-0.15, -0.1) is 0 Å². The van der Waals surface area contributed by atoms with E-state index in [1.165, 1.54) is 19.3 Å². The summed E-state index contributed by atoms with van der Waals surface area (Å²) in [7, 11) is 0. The van der Waals surface area contributed by atoms with Crippen molar-refractivity contribution in [2.75, 3.05) is 10.6 Å². The summed E-state index contributed by atoms with van der Waals surface area (Å²) in [5.41, 5.74) is -0.0407. The van der Waals surface area contributed by atoms with Crippen LogP contribution in [0.15, 0.2) is 30.6 Å². The highest BCUT2D eigenvalue weighted by atomic mass is 19.4. The van der Waals surface area contributed by atoms with E-state index in [9.17, 15) is 18.0 Å². The van der Waals surface area contributed by atoms with E-state index in [-0.39, 0.29) is 23.8 Å². The molecule has 0 aliphatic heterocycles. The van der Waals surface area contributed by atoms with Crippen LogP contribution >= 0.6 is 0 Å². The number of carbonyl (C=O) groups excluding carboxylic acids is 1. The number of anilines is 2. The monoisotopic (exact) mass is 353 g/mol. The van der Waals surface area contributed by atoms with E-state index in [0.717, 1.165) is 12.1 Å². The summed E-state index contributed by atoms with van der Waals surface area (Å²) in [6.07, 6.45) is -2.02. The normalized spacial score (nSPS) is 12.5. The number of hydrogen-bond acceptors (Lipinski definition) is 5. The van der Waals surface area contributed by atoms with E-state index in [2.05, 4.69) is 25.6 Å². The molecule has 1 unspecified atom stereocenters. The first-order chi connectivity index (χ1) is 11.7. The van der Waals surface area contributed by atoms with Crippen LogP contribution in [0.1, 0.15) is 31.4 Å². The van der Waals surface area contributed by atoms with Gasteiger partial charge in [0.15, 0.2) is 0 Å². The Morgan fingerprint density at radius 2 is 1.96 bits per heavy atom. The molecule has 0 saturated carbocycles. The Morgan fingerprint density at radius 3 is 2.64 bits per heavy atom. The Labute approximate surface area is 142 Å². The molecule has 0 aliphatic carbocycles. The number of rotatable bonds is 6. The topological polar surface area (TPSA) is 79.8 Å². The molecule has 1 atom stereocenters. The average Bonchev–Trinajstić information content (AvgIpc) is 2.52. The van der Waals surface area contributed by atoms with Crippen molar-refractivity contribution in [3.63, 3.8) is 0 Å². The molecule has 1 heterocycles. The van der Waals surface area contributed by atoms with Crippen LogP contribution in [0.5, 0.6) is 0 Å². The summed E-state index contributed by atoms with van der Waals surface area (Å²) < 4.78 is 38.2. The fraction of sp³-hybridized carbons (Fsp3) is 0.375. The van der Waals surface area contributed by atoms with Gasteiger partial charge in [0.25, 0.3) is 0 Å². The Morgan fingerprint density at radius 1 is 1.24 bits per heavy atom. The van der Waals surface area contributed by atoms with Crippen molar-refractivity contribution in [3.8, 4) is 0 Å². The summed E-state index contributed by atoms with van der Waals surface area (Å²) >= 11 is 0. The highest BCUT2D eigenvalue weighted by Gasteiger charge is 2.30. The minimum atomic E-state index is -4.34. The number of benzene rings is 1. The number of aromatic nitrogens is 3. The zero-order valence-corrected chi connectivity index (χ0v) is 13.8. The van der Waals surface area contributed by atoms with Crippen molar-refractivity contribution in [1.29, 1.82) is 0 Å². The van der Waals surface area contributed by atoms with Gasteiger partial charge in [0.1, 0.15) is 6.33 Å². The number of alkyl halides is 3. The molecule has 1 aromatic carbocycles. The lowest BCUT2D eigenvalue weighted by Gasteiger charge is -2.14. The zero-order valence-electron chi connectivity index (χ0n) is 13.8. The number of halogens is 3. The molecule has 0 fully saturated rings. The van der Waals surface area contributed by atoms with Gasteiger partial charge in [-0.1, -0.05) is 18.2 Å². The molecule has 0 bridgehead atoms. The van der Waals surface area contributed by atoms with Crippen LogP contribution in [0.2, 0.25) is 0 Å². The number of hydrogen-bond donors (Lipinski definition) is 2. The molecule has 25 heavy (non-hydrogen) atoms. The van der Waals surface area contributed by atoms with Gasteiger partial charge in [0.05, 0.1) is 5.56 Å². The van der Waals surface area contributed by atoms with E-state index in [0.29, 0.717) is 18.4 Å². The summed E-state index contributed by atoms with van der Waals surface area (Å²) in [6, 6.07) is 5.20. The number of amides is 1. The fourth-order valence-electron chi connectivity index (χ4n) is 2.16. The van der Waals surface area contributed by atoms with Gasteiger partial charge < -0.3 is 5.32 Å². The maximum Gasteiger partial charge on any atom is 0.416 e. The van der Waals surface area contributed by atoms with Gasteiger partial charge in [-0.2, -0.15) is 18.2 Å². The molecule has 2 aromatic rings. The summed E-state index contributed by atoms with van der Waals surface area (Å²) in [4.78, 5) is 22.8. The molecule has 0 radical (unpaired) electrons. The molecule has 1 aromatic heterocycles. The van der Waals surface area contributed by atoms with Crippen molar-refractivity contribution < 1.29 is 18.0 Å². The lowest BCUT2D eigenvalue weighted by atomic mass is 10.0. The highest BCUT2D eigenvalue weighted by Crippen LogP contribution is 2.29. The summed E-state index contributed by atoms with van der Waals surface area (Å²) in [5.74, 6) is 0.125. The Kier molecular flexibility index (Phi) is 5.89. The van der Waals surface area contributed by atoms with Crippen molar-refractivity contribution in [2.45, 2.75) is 38.9 Å². The molecule has 0 saturated heterocycles. The smallest absolute Gasteiger partial charge is 0.352 e. The third kappa shape index (κ3) is 6.02. The third-order valence-electron chi connectivity index (χ3n) is 3.36. The molecule has 6 nitrogen and oxygen atoms in total. The second-order valence-corrected chi connectivity index (χ2v) is 5.60. The average molecular weight is 353 g/mol. The highest BCUT2D eigenvalue weighted by molar-refractivity contribution is 5.86. The predicted octanol–water partition coefficient (Wildman–Crippen LogP) is 3.28. The van der Waals surface area contributed by atoms with Crippen molar-refractivity contribution in [2.24, 2.45) is 0 Å². The first-order valence-corrected chi connectivity index (χ1v) is 7.63. The molecular formula is C16H18F3N5O. The van der Waals surface area contributed by atoms with Crippen LogP contribution in [-0.4, -0.2) is 26.9 Å². The molecular weight excluding hydrogens is 335 g/mol. The maximum atomic E-state index is 12.7. The zero-order chi connectivity index (χ0) is 18.4. The Balaban J connectivity index is 1.93. The van der Waals surface area contributed by atoms with Gasteiger partial charge in [0, 0.05) is 13.0 Å². The SMILES string of the molecule is CC(=O)Nc1ncnc(NC(C)CCc2cccc(C(F)(F)F)c2)n1. The summed E-state index contributed by atoms with van der Waals surface area (Å²) in [5, 5.41) is 5.48. The Hall–Kier alpha value is -2.71. The standard InChI is InChI=1S/C16H18F3N5O/c1-10(22-14-20-9-21-15(24-14)23-11(2)25)6-7-12-4-3-5-13(8-12)16(17,18)19/h3-5,8-10H,6-7H2,1-2H3,(H2,20,21,22,23,24,25). The molecule has 1 amide bonds. The molecule has 2 rings (SSSR count). The molecule has 0 spiro atoms. The van der Waals surface area contributed by atoms with Crippen LogP contribution in [0.3, 0.4) is 0 Å². The second kappa shape index (κ2) is 7.91. The van der Waals surface area contributed by atoms with Crippen LogP contribution in [0.4, 0.5) is 25.1 Å². The van der Waals surface area contributed by atoms with Gasteiger partial charge in [-0.3, -0.25) is 10.1 Å². The van der Waals surface area contributed by atoms with Crippen LogP contribution < -0.4 is 10.6 Å². The minimum absolute atomic E-state index is 0.0814. The quantitative estimate of drug-likeness (QED) is 0.833. The number of nitrogens with one attached hydrogen (secondary N) is 2. The Bertz CT molecular complexity index is 736. The van der Waals surface area contributed by atoms with Crippen LogP contribution in [-0.2, 0) is 17.4 Å². The number of aryl methyl sites for hydroxylation is 1. The van der Waals surface area contributed by atoms with Crippen molar-refractivity contribution >= 4 is 17.8 Å². The van der Waals surface area contributed by atoms with Gasteiger partial charge in [-0.05, 0) is 31.4 Å². The second-order valence-electron chi connectivity index (χ2n) is 5.60. The van der Waals surface area contributed by atoms with Gasteiger partial charge in [-0.25, -0.2) is 9.97 Å². The largest absolute Gasteiger partial charge is 0.416 e. The summed E-state index contributed by atoms with van der Waals surface area (Å²) in [6.45, 7) is 3.21. The van der Waals surface area contributed by atoms with E-state index < -0.39 is 11.7 Å². The lowest BCUT2D eigenvalue weighted by Crippen LogP contribution is -2.19. The first kappa shape index (κ1) is 18.6.